The van der Waals surface area contributed by atoms with E-state index in [1.54, 1.807) is 12.1 Å². The van der Waals surface area contributed by atoms with E-state index in [-0.39, 0.29) is 6.04 Å². The van der Waals surface area contributed by atoms with Gasteiger partial charge in [-0.1, -0.05) is 42.8 Å². The summed E-state index contributed by atoms with van der Waals surface area (Å²) in [5.74, 6) is 0.298. The number of hydrogen-bond acceptors (Lipinski definition) is 2. The highest BCUT2D eigenvalue weighted by atomic mass is 35.5. The third-order valence-corrected chi connectivity index (χ3v) is 3.31. The van der Waals surface area contributed by atoms with Crippen molar-refractivity contribution in [3.63, 3.8) is 0 Å². The minimum absolute atomic E-state index is 0.230. The van der Waals surface area contributed by atoms with Gasteiger partial charge < -0.3 is 10.4 Å². The molecule has 2 nitrogen and oxygen atoms in total. The number of hydrogen-bond donors (Lipinski definition) is 2. The number of halogens is 1. The Morgan fingerprint density at radius 2 is 1.89 bits per heavy atom. The molecule has 0 spiro atoms. The molecule has 100 valence electrons. The molecule has 0 bridgehead atoms. The van der Waals surface area contributed by atoms with Gasteiger partial charge in [-0.15, -0.1) is 0 Å². The molecular weight excluding hydrogens is 258 g/mol. The molecule has 0 heterocycles. The summed E-state index contributed by atoms with van der Waals surface area (Å²) in [4.78, 5) is 0. The van der Waals surface area contributed by atoms with Gasteiger partial charge in [-0.2, -0.15) is 0 Å². The minimum atomic E-state index is 0.230. The van der Waals surface area contributed by atoms with Crippen LogP contribution in [0.2, 0.25) is 5.02 Å². The predicted octanol–water partition coefficient (Wildman–Crippen LogP) is 3.94. The maximum absolute atomic E-state index is 9.31. The Labute approximate surface area is 119 Å². The summed E-state index contributed by atoms with van der Waals surface area (Å²) in [5.41, 5.74) is 2.37. The zero-order chi connectivity index (χ0) is 13.7. The normalized spacial score (nSPS) is 12.3. The Morgan fingerprint density at radius 3 is 2.53 bits per heavy atom. The summed E-state index contributed by atoms with van der Waals surface area (Å²) in [6, 6.07) is 15.5. The highest BCUT2D eigenvalue weighted by Crippen LogP contribution is 2.22. The zero-order valence-corrected chi connectivity index (χ0v) is 11.7. The van der Waals surface area contributed by atoms with E-state index in [9.17, 15) is 5.11 Å². The lowest BCUT2D eigenvalue weighted by Crippen LogP contribution is -2.22. The van der Waals surface area contributed by atoms with Crippen molar-refractivity contribution in [2.45, 2.75) is 19.4 Å². The van der Waals surface area contributed by atoms with Gasteiger partial charge in [0.05, 0.1) is 0 Å². The molecule has 1 atom stereocenters. The van der Waals surface area contributed by atoms with Gasteiger partial charge in [0, 0.05) is 11.1 Å². The van der Waals surface area contributed by atoms with E-state index in [1.807, 2.05) is 30.3 Å². The number of nitrogens with one attached hydrogen (secondary N) is 1. The Kier molecular flexibility index (Phi) is 4.83. The molecule has 0 amide bonds. The zero-order valence-electron chi connectivity index (χ0n) is 10.9. The lowest BCUT2D eigenvalue weighted by molar-refractivity contribution is 0.474. The van der Waals surface area contributed by atoms with Gasteiger partial charge >= 0.3 is 0 Å². The Balaban J connectivity index is 2.18. The van der Waals surface area contributed by atoms with E-state index < -0.39 is 0 Å². The molecule has 2 rings (SSSR count). The molecule has 0 aromatic heterocycles. The monoisotopic (exact) mass is 275 g/mol. The van der Waals surface area contributed by atoms with Crippen molar-refractivity contribution in [1.29, 1.82) is 0 Å². The number of aromatic hydroxyl groups is 1. The predicted molar refractivity (Wildman–Crippen MR) is 79.7 cm³/mol. The number of rotatable bonds is 5. The fraction of sp³-hybridized carbons (Fsp3) is 0.250. The first-order valence-electron chi connectivity index (χ1n) is 6.46. The molecule has 0 radical (unpaired) electrons. The molecule has 3 heteroatoms. The van der Waals surface area contributed by atoms with Crippen LogP contribution in [0.3, 0.4) is 0 Å². The minimum Gasteiger partial charge on any atom is -0.508 e. The van der Waals surface area contributed by atoms with E-state index in [0.29, 0.717) is 5.75 Å². The fourth-order valence-corrected chi connectivity index (χ4v) is 2.34. The van der Waals surface area contributed by atoms with Crippen LogP contribution in [0.4, 0.5) is 0 Å². The van der Waals surface area contributed by atoms with Crippen LogP contribution < -0.4 is 5.32 Å². The summed E-state index contributed by atoms with van der Waals surface area (Å²) in [7, 11) is 0. The second kappa shape index (κ2) is 6.60. The Hall–Kier alpha value is -1.51. The highest BCUT2D eigenvalue weighted by molar-refractivity contribution is 6.30. The number of likely N-dealkylation sites (N-methyl/N-ethyl adjacent to an activating group) is 1. The molecule has 19 heavy (non-hydrogen) atoms. The number of benzene rings is 2. The van der Waals surface area contributed by atoms with Gasteiger partial charge in [0.2, 0.25) is 0 Å². The maximum Gasteiger partial charge on any atom is 0.115 e. The molecule has 2 aromatic rings. The first-order chi connectivity index (χ1) is 9.19. The van der Waals surface area contributed by atoms with Crippen molar-refractivity contribution in [2.24, 2.45) is 0 Å². The third-order valence-electron chi connectivity index (χ3n) is 3.08. The summed E-state index contributed by atoms with van der Waals surface area (Å²) >= 11 is 6.05. The van der Waals surface area contributed by atoms with E-state index in [0.717, 1.165) is 18.0 Å². The van der Waals surface area contributed by atoms with Crippen LogP contribution in [0.5, 0.6) is 5.75 Å². The van der Waals surface area contributed by atoms with Crippen molar-refractivity contribution < 1.29 is 5.11 Å². The largest absolute Gasteiger partial charge is 0.508 e. The molecular formula is C16H18ClNO. The average Bonchev–Trinajstić information content (AvgIpc) is 2.41. The quantitative estimate of drug-likeness (QED) is 0.866. The van der Waals surface area contributed by atoms with Gasteiger partial charge in [0.1, 0.15) is 5.75 Å². The second-order valence-corrected chi connectivity index (χ2v) is 4.97. The first-order valence-corrected chi connectivity index (χ1v) is 6.83. The van der Waals surface area contributed by atoms with Crippen LogP contribution in [0.1, 0.15) is 24.1 Å². The lowest BCUT2D eigenvalue weighted by atomic mass is 9.99. The van der Waals surface area contributed by atoms with Crippen LogP contribution in [-0.2, 0) is 6.42 Å². The van der Waals surface area contributed by atoms with E-state index in [2.05, 4.69) is 18.3 Å². The molecule has 0 saturated carbocycles. The van der Waals surface area contributed by atoms with Crippen LogP contribution in [-0.4, -0.2) is 11.7 Å². The van der Waals surface area contributed by atoms with Crippen molar-refractivity contribution in [3.05, 3.63) is 64.7 Å². The van der Waals surface area contributed by atoms with Gasteiger partial charge in [0.15, 0.2) is 0 Å². The Morgan fingerprint density at radius 1 is 1.16 bits per heavy atom. The van der Waals surface area contributed by atoms with Crippen molar-refractivity contribution >= 4 is 11.6 Å². The Bertz CT molecular complexity index is 525. The standard InChI is InChI=1S/C16H18ClNO/c1-2-18-16(13-4-3-5-14(17)11-13)10-12-6-8-15(19)9-7-12/h3-9,11,16,18-19H,2,10H2,1H3. The fourth-order valence-electron chi connectivity index (χ4n) is 2.15. The van der Waals surface area contributed by atoms with Gasteiger partial charge in [-0.3, -0.25) is 0 Å². The van der Waals surface area contributed by atoms with E-state index >= 15 is 0 Å². The average molecular weight is 276 g/mol. The van der Waals surface area contributed by atoms with Crippen molar-refractivity contribution in [3.8, 4) is 5.75 Å². The molecule has 0 aliphatic carbocycles. The lowest BCUT2D eigenvalue weighted by Gasteiger charge is -2.19. The van der Waals surface area contributed by atoms with Gasteiger partial charge in [-0.05, 0) is 48.4 Å². The number of phenolic OH excluding ortho intramolecular Hbond substituents is 1. The highest BCUT2D eigenvalue weighted by Gasteiger charge is 2.11. The third kappa shape index (κ3) is 3.98. The smallest absolute Gasteiger partial charge is 0.115 e. The van der Waals surface area contributed by atoms with Crippen LogP contribution in [0.15, 0.2) is 48.5 Å². The summed E-state index contributed by atoms with van der Waals surface area (Å²) in [6.07, 6.45) is 0.870. The molecule has 1 unspecified atom stereocenters. The van der Waals surface area contributed by atoms with E-state index in [4.69, 9.17) is 11.6 Å². The van der Waals surface area contributed by atoms with Crippen molar-refractivity contribution in [2.75, 3.05) is 6.54 Å². The molecule has 0 aliphatic rings. The number of phenols is 1. The molecule has 0 aliphatic heterocycles. The van der Waals surface area contributed by atoms with Gasteiger partial charge in [-0.25, -0.2) is 0 Å². The molecule has 2 N–H and O–H groups in total. The second-order valence-electron chi connectivity index (χ2n) is 4.54. The molecule has 0 fully saturated rings. The molecule has 2 aromatic carbocycles. The van der Waals surface area contributed by atoms with E-state index in [1.165, 1.54) is 11.1 Å². The van der Waals surface area contributed by atoms with Crippen LogP contribution in [0.25, 0.3) is 0 Å². The van der Waals surface area contributed by atoms with Crippen LogP contribution >= 0.6 is 11.6 Å². The van der Waals surface area contributed by atoms with Crippen molar-refractivity contribution in [1.82, 2.24) is 5.32 Å². The SMILES string of the molecule is CCNC(Cc1ccc(O)cc1)c1cccc(Cl)c1. The summed E-state index contributed by atoms with van der Waals surface area (Å²) < 4.78 is 0. The van der Waals surface area contributed by atoms with Gasteiger partial charge in [0.25, 0.3) is 0 Å². The van der Waals surface area contributed by atoms with Crippen LogP contribution in [0, 0.1) is 0 Å². The summed E-state index contributed by atoms with van der Waals surface area (Å²) in [5, 5.41) is 13.5. The maximum atomic E-state index is 9.31. The first kappa shape index (κ1) is 13.9. The topological polar surface area (TPSA) is 32.3 Å². The summed E-state index contributed by atoms with van der Waals surface area (Å²) in [6.45, 7) is 2.99. The molecule has 0 saturated heterocycles.